The Balaban J connectivity index is 1.69. The van der Waals surface area contributed by atoms with Gasteiger partial charge in [0.25, 0.3) is 0 Å². The number of rotatable bonds is 1. The summed E-state index contributed by atoms with van der Waals surface area (Å²) in [6.45, 7) is 4.80. The van der Waals surface area contributed by atoms with E-state index >= 15 is 0 Å². The molecule has 0 nitrogen and oxygen atoms in total. The zero-order valence-corrected chi connectivity index (χ0v) is 17.5. The van der Waals surface area contributed by atoms with E-state index in [0.29, 0.717) is 5.92 Å². The molecule has 2 aromatic carbocycles. The van der Waals surface area contributed by atoms with Crippen LogP contribution < -0.4 is 10.4 Å². The van der Waals surface area contributed by atoms with Gasteiger partial charge in [-0.3, -0.25) is 0 Å². The van der Waals surface area contributed by atoms with Crippen LogP contribution in [-0.4, -0.2) is 0 Å². The van der Waals surface area contributed by atoms with Gasteiger partial charge in [-0.1, -0.05) is 80.1 Å². The van der Waals surface area contributed by atoms with Crippen LogP contribution >= 0.6 is 22.6 Å². The molecule has 130 valence electrons. The quantitative estimate of drug-likeness (QED) is 0.503. The number of allylic oxidation sites excluding steroid dienone is 4. The van der Waals surface area contributed by atoms with Crippen molar-refractivity contribution >= 4 is 31.7 Å². The first-order chi connectivity index (χ1) is 12.6. The summed E-state index contributed by atoms with van der Waals surface area (Å²) in [4.78, 5) is 0. The highest BCUT2D eigenvalue weighted by Gasteiger charge is 2.42. The average Bonchev–Trinajstić information content (AvgIpc) is 2.90. The summed E-state index contributed by atoms with van der Waals surface area (Å²) < 4.78 is 1.50. The molecule has 1 unspecified atom stereocenters. The van der Waals surface area contributed by atoms with E-state index in [9.17, 15) is 0 Å². The predicted octanol–water partition coefficient (Wildman–Crippen LogP) is 5.51. The molecular formula is C25H23I. The number of hydrogen-bond donors (Lipinski definition) is 0. The van der Waals surface area contributed by atoms with E-state index in [1.165, 1.54) is 37.1 Å². The molecule has 3 aliphatic carbocycles. The Morgan fingerprint density at radius 2 is 1.65 bits per heavy atom. The number of halogens is 1. The standard InChI is InChI=1S/C25H23I/c1-25(2)22-10-6-5-8-19(22)20-12-11-16(15-23(20)25)17-13-14-24(26)21-9-4-3-7-18(17)21/h3-11,15,20H,12-14H2,1-2H3. The van der Waals surface area contributed by atoms with Gasteiger partial charge in [-0.15, -0.1) is 0 Å². The second-order valence-corrected chi connectivity index (χ2v) is 9.49. The smallest absolute Gasteiger partial charge is 0.0118 e. The third-order valence-corrected chi connectivity index (χ3v) is 7.60. The molecular weight excluding hydrogens is 427 g/mol. The first-order valence-corrected chi connectivity index (χ1v) is 10.6. The lowest BCUT2D eigenvalue weighted by Gasteiger charge is -2.28. The Bertz CT molecular complexity index is 1090. The average molecular weight is 450 g/mol. The van der Waals surface area contributed by atoms with E-state index < -0.39 is 0 Å². The minimum absolute atomic E-state index is 0.135. The second kappa shape index (κ2) is 5.95. The van der Waals surface area contributed by atoms with E-state index in [1.807, 2.05) is 0 Å². The maximum atomic E-state index is 2.53. The summed E-state index contributed by atoms with van der Waals surface area (Å²) in [5.74, 6) is 0.566. The molecule has 0 fully saturated rings. The van der Waals surface area contributed by atoms with Gasteiger partial charge in [0.15, 0.2) is 0 Å². The van der Waals surface area contributed by atoms with Gasteiger partial charge in [0.1, 0.15) is 0 Å². The lowest BCUT2D eigenvalue weighted by molar-refractivity contribution is 0.611. The zero-order valence-electron chi connectivity index (χ0n) is 15.4. The van der Waals surface area contributed by atoms with Crippen LogP contribution in [0.1, 0.15) is 50.2 Å². The van der Waals surface area contributed by atoms with E-state index in [1.54, 1.807) is 11.1 Å². The van der Waals surface area contributed by atoms with Gasteiger partial charge in [0.2, 0.25) is 0 Å². The van der Waals surface area contributed by atoms with E-state index in [4.69, 9.17) is 0 Å². The van der Waals surface area contributed by atoms with Crippen molar-refractivity contribution < 1.29 is 0 Å². The van der Waals surface area contributed by atoms with Gasteiger partial charge in [-0.25, -0.2) is 0 Å². The Hall–Kier alpha value is -1.61. The van der Waals surface area contributed by atoms with Crippen molar-refractivity contribution in [1.29, 1.82) is 0 Å². The summed E-state index contributed by atoms with van der Waals surface area (Å²) >= 11 is 2.53. The van der Waals surface area contributed by atoms with Crippen LogP contribution in [0.15, 0.2) is 71.8 Å². The van der Waals surface area contributed by atoms with Gasteiger partial charge in [0, 0.05) is 11.3 Å². The molecule has 3 aliphatic rings. The third kappa shape index (κ3) is 2.32. The largest absolute Gasteiger partial charge is 0.0760 e. The number of hydrogen-bond acceptors (Lipinski definition) is 0. The molecule has 0 N–H and O–H groups in total. The summed E-state index contributed by atoms with van der Waals surface area (Å²) in [6, 6.07) is 18.0. The van der Waals surface area contributed by atoms with Crippen LogP contribution in [0.5, 0.6) is 0 Å². The maximum Gasteiger partial charge on any atom is 0.0118 e. The van der Waals surface area contributed by atoms with E-state index in [-0.39, 0.29) is 5.41 Å². The molecule has 2 aromatic rings. The molecule has 0 heterocycles. The molecule has 0 bridgehead atoms. The van der Waals surface area contributed by atoms with Crippen molar-refractivity contribution in [3.63, 3.8) is 0 Å². The monoisotopic (exact) mass is 450 g/mol. The van der Waals surface area contributed by atoms with Crippen molar-refractivity contribution in [3.05, 3.63) is 93.4 Å². The van der Waals surface area contributed by atoms with E-state index in [2.05, 4.69) is 97.1 Å². The van der Waals surface area contributed by atoms with E-state index in [0.717, 1.165) is 12.8 Å². The minimum Gasteiger partial charge on any atom is -0.0760 e. The van der Waals surface area contributed by atoms with Gasteiger partial charge < -0.3 is 0 Å². The Morgan fingerprint density at radius 1 is 0.923 bits per heavy atom. The third-order valence-electron chi connectivity index (χ3n) is 6.48. The SMILES string of the molecule is CC1(C)C2=CC(C3=c4ccccc4=C(I)CC3)=CCC2c2ccccc21. The highest BCUT2D eigenvalue weighted by Crippen LogP contribution is 2.53. The molecule has 0 radical (unpaired) electrons. The highest BCUT2D eigenvalue weighted by molar-refractivity contribution is 14.1. The molecule has 1 atom stereocenters. The molecule has 0 spiro atoms. The molecule has 0 saturated heterocycles. The molecule has 0 aromatic heterocycles. The molecule has 5 rings (SSSR count). The fourth-order valence-corrected chi connectivity index (χ4v) is 5.87. The van der Waals surface area contributed by atoms with Crippen molar-refractivity contribution in [3.8, 4) is 0 Å². The topological polar surface area (TPSA) is 0 Å². The molecule has 0 aliphatic heterocycles. The fourth-order valence-electron chi connectivity index (χ4n) is 5.13. The van der Waals surface area contributed by atoms with Gasteiger partial charge >= 0.3 is 0 Å². The molecule has 1 heteroatoms. The first kappa shape index (κ1) is 16.6. The zero-order chi connectivity index (χ0) is 17.9. The number of fused-ring (bicyclic) bond motifs is 4. The number of benzene rings is 2. The molecule has 0 saturated carbocycles. The van der Waals surface area contributed by atoms with Gasteiger partial charge in [-0.2, -0.15) is 0 Å². The van der Waals surface area contributed by atoms with Crippen molar-refractivity contribution in [2.75, 3.05) is 0 Å². The first-order valence-electron chi connectivity index (χ1n) is 9.56. The lowest BCUT2D eigenvalue weighted by Crippen LogP contribution is -2.31. The van der Waals surface area contributed by atoms with Crippen LogP contribution in [0.3, 0.4) is 0 Å². The summed E-state index contributed by atoms with van der Waals surface area (Å²) in [6.07, 6.45) is 8.48. The van der Waals surface area contributed by atoms with Crippen molar-refractivity contribution in [2.45, 2.75) is 44.4 Å². The van der Waals surface area contributed by atoms with Gasteiger partial charge in [-0.05, 0) is 78.1 Å². The Labute approximate surface area is 169 Å². The van der Waals surface area contributed by atoms with Crippen LogP contribution in [0.25, 0.3) is 9.15 Å². The molecule has 0 amide bonds. The molecule has 26 heavy (non-hydrogen) atoms. The van der Waals surface area contributed by atoms with Crippen LogP contribution in [0, 0.1) is 0 Å². The second-order valence-electron chi connectivity index (χ2n) is 8.19. The van der Waals surface area contributed by atoms with Gasteiger partial charge in [0.05, 0.1) is 0 Å². The van der Waals surface area contributed by atoms with Crippen molar-refractivity contribution in [1.82, 2.24) is 0 Å². The Kier molecular flexibility index (Phi) is 3.79. The van der Waals surface area contributed by atoms with Crippen LogP contribution in [0.4, 0.5) is 0 Å². The maximum absolute atomic E-state index is 2.53. The summed E-state index contributed by atoms with van der Waals surface area (Å²) in [5.41, 5.74) is 7.80. The summed E-state index contributed by atoms with van der Waals surface area (Å²) in [5, 5.41) is 2.88. The Morgan fingerprint density at radius 3 is 2.50 bits per heavy atom. The predicted molar refractivity (Wildman–Crippen MR) is 119 cm³/mol. The normalized spacial score (nSPS) is 23.0. The van der Waals surface area contributed by atoms with Crippen LogP contribution in [0.2, 0.25) is 0 Å². The minimum atomic E-state index is 0.135. The lowest BCUT2D eigenvalue weighted by atomic mass is 9.76. The van der Waals surface area contributed by atoms with Crippen LogP contribution in [-0.2, 0) is 5.41 Å². The fraction of sp³-hybridized carbons (Fsp3) is 0.280. The van der Waals surface area contributed by atoms with Crippen molar-refractivity contribution in [2.24, 2.45) is 0 Å². The highest BCUT2D eigenvalue weighted by atomic mass is 127. The summed E-state index contributed by atoms with van der Waals surface area (Å²) in [7, 11) is 0.